The molecule has 0 aliphatic heterocycles. The van der Waals surface area contributed by atoms with Gasteiger partial charge in [0, 0.05) is 6.42 Å². The fraction of sp³-hybridized carbons (Fsp3) is 0.308. The van der Waals surface area contributed by atoms with Gasteiger partial charge in [-0.05, 0) is 19.3 Å². The molecule has 0 saturated carbocycles. The van der Waals surface area contributed by atoms with E-state index >= 15 is 0 Å². The van der Waals surface area contributed by atoms with Gasteiger partial charge in [-0.15, -0.1) is 0 Å². The molecule has 3 heterocycles. The highest BCUT2D eigenvalue weighted by atomic mass is 16.1. The quantitative estimate of drug-likeness (QED) is 0.675. The van der Waals surface area contributed by atoms with Crippen LogP contribution >= 0.6 is 0 Å². The van der Waals surface area contributed by atoms with Crippen molar-refractivity contribution in [2.45, 2.75) is 25.7 Å². The third-order valence-electron chi connectivity index (χ3n) is 3.64. The SMILES string of the molecule is O=C1CCCCc2c1cnn2-c1ncnc2nc[nH]c12. The first-order valence-electron chi connectivity index (χ1n) is 6.59. The summed E-state index contributed by atoms with van der Waals surface area (Å²) in [5.74, 6) is 0.808. The smallest absolute Gasteiger partial charge is 0.182 e. The number of Topliss-reactive ketones (excluding diaryl/α,β-unsaturated/α-hetero) is 1. The highest BCUT2D eigenvalue weighted by Crippen LogP contribution is 2.24. The summed E-state index contributed by atoms with van der Waals surface area (Å²) in [6.07, 6.45) is 8.04. The molecule has 3 aromatic heterocycles. The molecular weight excluding hydrogens is 256 g/mol. The molecule has 0 amide bonds. The lowest BCUT2D eigenvalue weighted by Crippen LogP contribution is -2.07. The van der Waals surface area contributed by atoms with Gasteiger partial charge in [0.25, 0.3) is 0 Å². The molecule has 0 bridgehead atoms. The second kappa shape index (κ2) is 4.22. The molecule has 4 rings (SSSR count). The number of H-pyrrole nitrogens is 1. The van der Waals surface area contributed by atoms with Crippen molar-refractivity contribution in [2.75, 3.05) is 0 Å². The molecule has 0 spiro atoms. The summed E-state index contributed by atoms with van der Waals surface area (Å²) in [5.41, 5.74) is 2.98. The number of nitrogens with zero attached hydrogens (tertiary/aromatic N) is 5. The molecule has 1 aliphatic carbocycles. The average Bonchev–Trinajstić information content (AvgIpc) is 3.06. The first kappa shape index (κ1) is 11.3. The topological polar surface area (TPSA) is 89.3 Å². The third-order valence-corrected chi connectivity index (χ3v) is 3.64. The predicted molar refractivity (Wildman–Crippen MR) is 70.7 cm³/mol. The number of rotatable bonds is 1. The van der Waals surface area contributed by atoms with E-state index in [0.29, 0.717) is 23.4 Å². The van der Waals surface area contributed by atoms with E-state index in [1.54, 1.807) is 17.2 Å². The Balaban J connectivity index is 1.95. The van der Waals surface area contributed by atoms with Crippen LogP contribution in [-0.4, -0.2) is 35.5 Å². The summed E-state index contributed by atoms with van der Waals surface area (Å²) >= 11 is 0. The van der Waals surface area contributed by atoms with Crippen LogP contribution in [0.15, 0.2) is 18.9 Å². The Bertz CT molecular complexity index is 802. The lowest BCUT2D eigenvalue weighted by atomic mass is 10.1. The van der Waals surface area contributed by atoms with Crippen LogP contribution in [0.3, 0.4) is 0 Å². The fourth-order valence-electron chi connectivity index (χ4n) is 2.66. The Morgan fingerprint density at radius 2 is 2.05 bits per heavy atom. The summed E-state index contributed by atoms with van der Waals surface area (Å²) < 4.78 is 1.74. The molecule has 0 atom stereocenters. The summed E-state index contributed by atoms with van der Waals surface area (Å²) in [7, 11) is 0. The van der Waals surface area contributed by atoms with Gasteiger partial charge in [-0.1, -0.05) is 0 Å². The van der Waals surface area contributed by atoms with Crippen LogP contribution in [0.1, 0.15) is 35.3 Å². The van der Waals surface area contributed by atoms with Crippen molar-refractivity contribution < 1.29 is 4.79 Å². The van der Waals surface area contributed by atoms with Gasteiger partial charge in [0.2, 0.25) is 0 Å². The second-order valence-electron chi connectivity index (χ2n) is 4.85. The maximum atomic E-state index is 12.1. The van der Waals surface area contributed by atoms with Crippen LogP contribution < -0.4 is 0 Å². The maximum absolute atomic E-state index is 12.1. The van der Waals surface area contributed by atoms with Crippen LogP contribution in [0.25, 0.3) is 17.0 Å². The Morgan fingerprint density at radius 1 is 1.15 bits per heavy atom. The van der Waals surface area contributed by atoms with E-state index in [9.17, 15) is 4.79 Å². The van der Waals surface area contributed by atoms with Crippen molar-refractivity contribution in [3.8, 4) is 5.82 Å². The first-order chi connectivity index (χ1) is 9.84. The van der Waals surface area contributed by atoms with Crippen LogP contribution in [0, 0.1) is 0 Å². The normalized spacial score (nSPS) is 15.3. The number of carbonyl (C=O) groups excluding carboxylic acids is 1. The number of nitrogens with one attached hydrogen (secondary N) is 1. The third kappa shape index (κ3) is 1.56. The van der Waals surface area contributed by atoms with Crippen LogP contribution in [-0.2, 0) is 6.42 Å². The van der Waals surface area contributed by atoms with Gasteiger partial charge in [-0.3, -0.25) is 4.79 Å². The minimum atomic E-state index is 0.165. The van der Waals surface area contributed by atoms with E-state index in [0.717, 1.165) is 30.5 Å². The summed E-state index contributed by atoms with van der Waals surface area (Å²) in [4.78, 5) is 27.6. The molecule has 20 heavy (non-hydrogen) atoms. The minimum absolute atomic E-state index is 0.165. The number of carbonyl (C=O) groups is 1. The number of fused-ring (bicyclic) bond motifs is 2. The van der Waals surface area contributed by atoms with Gasteiger partial charge in [0.1, 0.15) is 11.8 Å². The van der Waals surface area contributed by atoms with Crippen molar-refractivity contribution in [3.05, 3.63) is 30.1 Å². The van der Waals surface area contributed by atoms with Crippen LogP contribution in [0.2, 0.25) is 0 Å². The molecule has 0 unspecified atom stereocenters. The number of aromatic nitrogens is 6. The summed E-state index contributed by atoms with van der Waals surface area (Å²) in [5, 5.41) is 4.35. The number of imidazole rings is 1. The molecule has 3 aromatic rings. The van der Waals surface area contributed by atoms with Gasteiger partial charge in [0.05, 0.1) is 23.8 Å². The molecule has 1 aliphatic rings. The zero-order valence-corrected chi connectivity index (χ0v) is 10.7. The number of hydrogen-bond acceptors (Lipinski definition) is 5. The van der Waals surface area contributed by atoms with Gasteiger partial charge in [0.15, 0.2) is 17.2 Å². The fourth-order valence-corrected chi connectivity index (χ4v) is 2.66. The molecule has 7 heteroatoms. The van der Waals surface area contributed by atoms with Gasteiger partial charge in [-0.25, -0.2) is 19.6 Å². The molecule has 0 fully saturated rings. The van der Waals surface area contributed by atoms with E-state index in [4.69, 9.17) is 0 Å². The average molecular weight is 268 g/mol. The van der Waals surface area contributed by atoms with Crippen molar-refractivity contribution in [1.82, 2.24) is 29.7 Å². The predicted octanol–water partition coefficient (Wildman–Crippen LogP) is 1.45. The lowest BCUT2D eigenvalue weighted by Gasteiger charge is -2.06. The number of hydrogen-bond donors (Lipinski definition) is 1. The van der Waals surface area contributed by atoms with E-state index in [2.05, 4.69) is 25.0 Å². The zero-order valence-electron chi connectivity index (χ0n) is 10.7. The number of aromatic amines is 1. The van der Waals surface area contributed by atoms with E-state index < -0.39 is 0 Å². The Kier molecular flexibility index (Phi) is 2.38. The standard InChI is InChI=1S/C13H12N6O/c20-10-4-2-1-3-9-8(10)5-18-19(9)13-11-12(15-6-14-11)16-7-17-13/h5-7H,1-4H2,(H,14,15,16,17). The van der Waals surface area contributed by atoms with Crippen molar-refractivity contribution in [1.29, 1.82) is 0 Å². The first-order valence-corrected chi connectivity index (χ1v) is 6.59. The van der Waals surface area contributed by atoms with Crippen LogP contribution in [0.4, 0.5) is 0 Å². The molecule has 0 aromatic carbocycles. The lowest BCUT2D eigenvalue weighted by molar-refractivity contribution is 0.0982. The molecule has 1 N–H and O–H groups in total. The van der Waals surface area contributed by atoms with Crippen LogP contribution in [0.5, 0.6) is 0 Å². The highest BCUT2D eigenvalue weighted by Gasteiger charge is 2.22. The maximum Gasteiger partial charge on any atom is 0.182 e. The molecule has 0 saturated heterocycles. The van der Waals surface area contributed by atoms with E-state index in [1.807, 2.05) is 0 Å². The minimum Gasteiger partial charge on any atom is -0.340 e. The molecule has 7 nitrogen and oxygen atoms in total. The Hall–Kier alpha value is -2.57. The van der Waals surface area contributed by atoms with Gasteiger partial charge >= 0.3 is 0 Å². The van der Waals surface area contributed by atoms with Crippen molar-refractivity contribution in [3.63, 3.8) is 0 Å². The summed E-state index contributed by atoms with van der Waals surface area (Å²) in [6, 6.07) is 0. The molecule has 100 valence electrons. The molecule has 0 radical (unpaired) electrons. The zero-order chi connectivity index (χ0) is 13.5. The second-order valence-corrected chi connectivity index (χ2v) is 4.85. The van der Waals surface area contributed by atoms with E-state index in [1.165, 1.54) is 6.33 Å². The number of ketones is 1. The van der Waals surface area contributed by atoms with Gasteiger partial charge in [-0.2, -0.15) is 5.10 Å². The van der Waals surface area contributed by atoms with Crippen molar-refractivity contribution >= 4 is 16.9 Å². The summed E-state index contributed by atoms with van der Waals surface area (Å²) in [6.45, 7) is 0. The Morgan fingerprint density at radius 3 is 3.00 bits per heavy atom. The monoisotopic (exact) mass is 268 g/mol. The van der Waals surface area contributed by atoms with Crippen molar-refractivity contribution in [2.24, 2.45) is 0 Å². The van der Waals surface area contributed by atoms with Gasteiger partial charge < -0.3 is 4.98 Å². The largest absolute Gasteiger partial charge is 0.340 e. The molecular formula is C13H12N6O. The Labute approximate surface area is 114 Å². The highest BCUT2D eigenvalue weighted by molar-refractivity contribution is 5.97. The van der Waals surface area contributed by atoms with E-state index in [-0.39, 0.29) is 5.78 Å².